The number of pyridine rings is 1. The Bertz CT molecular complexity index is 775. The molecule has 120 valence electrons. The summed E-state index contributed by atoms with van der Waals surface area (Å²) in [6.07, 6.45) is -0.0303. The minimum absolute atomic E-state index is 0. The zero-order chi connectivity index (χ0) is 15.5. The number of hydrogen-bond acceptors (Lipinski definition) is 3. The Kier molecular flexibility index (Phi) is 5.59. The molecule has 23 heavy (non-hydrogen) atoms. The first-order valence-corrected chi connectivity index (χ1v) is 7.43. The van der Waals surface area contributed by atoms with Crippen molar-refractivity contribution in [2.75, 3.05) is 14.1 Å². The van der Waals surface area contributed by atoms with Gasteiger partial charge in [0.05, 0.1) is 5.52 Å². The SMILES string of the molecule is CC(Oc1cc(-c2ccccc2)c2ccccc2n1)N(C)C.Cl. The first-order valence-electron chi connectivity index (χ1n) is 7.43. The third-order valence-corrected chi connectivity index (χ3v) is 3.80. The van der Waals surface area contributed by atoms with Crippen LogP contribution in [0.5, 0.6) is 5.88 Å². The number of nitrogens with zero attached hydrogens (tertiary/aromatic N) is 2. The molecule has 0 amide bonds. The molecule has 3 rings (SSSR count). The zero-order valence-corrected chi connectivity index (χ0v) is 14.4. The number of benzene rings is 2. The largest absolute Gasteiger partial charge is 0.459 e. The number of hydrogen-bond donors (Lipinski definition) is 0. The number of aromatic nitrogens is 1. The van der Waals surface area contributed by atoms with E-state index in [4.69, 9.17) is 4.74 Å². The van der Waals surface area contributed by atoms with Crippen molar-refractivity contribution in [2.24, 2.45) is 0 Å². The smallest absolute Gasteiger partial charge is 0.216 e. The van der Waals surface area contributed by atoms with Crippen molar-refractivity contribution in [3.63, 3.8) is 0 Å². The van der Waals surface area contributed by atoms with Crippen LogP contribution in [0.2, 0.25) is 0 Å². The molecule has 0 fully saturated rings. The molecule has 3 nitrogen and oxygen atoms in total. The summed E-state index contributed by atoms with van der Waals surface area (Å²) in [7, 11) is 3.98. The molecule has 0 N–H and O–H groups in total. The van der Waals surface area contributed by atoms with Crippen LogP contribution >= 0.6 is 12.4 Å². The van der Waals surface area contributed by atoms with Crippen molar-refractivity contribution in [1.29, 1.82) is 0 Å². The molecule has 0 aliphatic rings. The van der Waals surface area contributed by atoms with E-state index in [2.05, 4.69) is 23.2 Å². The van der Waals surface area contributed by atoms with Gasteiger partial charge in [-0.25, -0.2) is 4.98 Å². The van der Waals surface area contributed by atoms with Gasteiger partial charge in [0.15, 0.2) is 6.23 Å². The highest BCUT2D eigenvalue weighted by Gasteiger charge is 2.11. The second-order valence-corrected chi connectivity index (χ2v) is 5.57. The Morgan fingerprint density at radius 3 is 2.30 bits per heavy atom. The van der Waals surface area contributed by atoms with E-state index in [0.29, 0.717) is 5.88 Å². The minimum Gasteiger partial charge on any atom is -0.459 e. The van der Waals surface area contributed by atoms with Crippen LogP contribution in [0.15, 0.2) is 60.7 Å². The van der Waals surface area contributed by atoms with Gasteiger partial charge in [-0.3, -0.25) is 4.90 Å². The number of fused-ring (bicyclic) bond motifs is 1. The molecule has 1 heterocycles. The molecule has 2 aromatic carbocycles. The van der Waals surface area contributed by atoms with E-state index in [0.717, 1.165) is 16.5 Å². The maximum absolute atomic E-state index is 5.96. The molecule has 0 saturated carbocycles. The van der Waals surface area contributed by atoms with E-state index in [1.54, 1.807) is 0 Å². The molecule has 1 unspecified atom stereocenters. The van der Waals surface area contributed by atoms with Gasteiger partial charge in [0.1, 0.15) is 0 Å². The molecule has 0 aliphatic carbocycles. The van der Waals surface area contributed by atoms with Crippen molar-refractivity contribution >= 4 is 23.3 Å². The van der Waals surface area contributed by atoms with E-state index in [-0.39, 0.29) is 18.6 Å². The predicted molar refractivity (Wildman–Crippen MR) is 98.2 cm³/mol. The topological polar surface area (TPSA) is 25.4 Å². The molecule has 4 heteroatoms. The lowest BCUT2D eigenvalue weighted by Crippen LogP contribution is -2.30. The number of rotatable bonds is 4. The lowest BCUT2D eigenvalue weighted by molar-refractivity contribution is 0.0773. The van der Waals surface area contributed by atoms with Gasteiger partial charge in [0, 0.05) is 11.5 Å². The number of halogens is 1. The van der Waals surface area contributed by atoms with Gasteiger partial charge in [-0.2, -0.15) is 0 Å². The molecule has 0 spiro atoms. The second-order valence-electron chi connectivity index (χ2n) is 5.57. The van der Waals surface area contributed by atoms with E-state index in [1.165, 1.54) is 5.56 Å². The van der Waals surface area contributed by atoms with Gasteiger partial charge in [0.2, 0.25) is 5.88 Å². The molecule has 0 radical (unpaired) electrons. The lowest BCUT2D eigenvalue weighted by atomic mass is 10.0. The van der Waals surface area contributed by atoms with Crippen LogP contribution in [0.4, 0.5) is 0 Å². The lowest BCUT2D eigenvalue weighted by Gasteiger charge is -2.21. The van der Waals surface area contributed by atoms with Crippen molar-refractivity contribution < 1.29 is 4.74 Å². The summed E-state index contributed by atoms with van der Waals surface area (Å²) in [5, 5.41) is 1.14. The first kappa shape index (κ1) is 17.3. The van der Waals surface area contributed by atoms with Gasteiger partial charge >= 0.3 is 0 Å². The molecule has 0 aliphatic heterocycles. The molecule has 1 atom stereocenters. The van der Waals surface area contributed by atoms with Crippen LogP contribution in [-0.2, 0) is 0 Å². The highest BCUT2D eigenvalue weighted by Crippen LogP contribution is 2.31. The zero-order valence-electron chi connectivity index (χ0n) is 13.6. The molecular weight excluding hydrogens is 308 g/mol. The maximum atomic E-state index is 5.96. The summed E-state index contributed by atoms with van der Waals surface area (Å²) in [5.74, 6) is 0.652. The highest BCUT2D eigenvalue weighted by molar-refractivity contribution is 5.95. The van der Waals surface area contributed by atoms with Crippen molar-refractivity contribution in [3.05, 3.63) is 60.7 Å². The standard InChI is InChI=1S/C19H20N2O.ClH/c1-14(21(2)3)22-19-13-17(15-9-5-4-6-10-15)16-11-7-8-12-18(16)20-19;/h4-14H,1-3H3;1H. The van der Waals surface area contributed by atoms with E-state index >= 15 is 0 Å². The molecule has 0 saturated heterocycles. The van der Waals surface area contributed by atoms with Crippen LogP contribution in [0, 0.1) is 0 Å². The minimum atomic E-state index is -0.0303. The maximum Gasteiger partial charge on any atom is 0.216 e. The van der Waals surface area contributed by atoms with Gasteiger partial charge in [-0.1, -0.05) is 48.5 Å². The summed E-state index contributed by atoms with van der Waals surface area (Å²) in [4.78, 5) is 6.65. The van der Waals surface area contributed by atoms with Crippen molar-refractivity contribution in [3.8, 4) is 17.0 Å². The van der Waals surface area contributed by atoms with Crippen molar-refractivity contribution in [1.82, 2.24) is 9.88 Å². The quantitative estimate of drug-likeness (QED) is 0.654. The summed E-state index contributed by atoms with van der Waals surface area (Å²) in [5.41, 5.74) is 3.26. The Hall–Kier alpha value is -2.10. The van der Waals surface area contributed by atoms with E-state index in [1.807, 2.05) is 68.4 Å². The fraction of sp³-hybridized carbons (Fsp3) is 0.211. The Labute approximate surface area is 143 Å². The van der Waals surface area contributed by atoms with Crippen LogP contribution in [-0.4, -0.2) is 30.2 Å². The fourth-order valence-corrected chi connectivity index (χ4v) is 2.35. The third-order valence-electron chi connectivity index (χ3n) is 3.80. The normalized spacial score (nSPS) is 12.0. The highest BCUT2D eigenvalue weighted by atomic mass is 35.5. The van der Waals surface area contributed by atoms with Gasteiger partial charge in [-0.15, -0.1) is 12.4 Å². The Morgan fingerprint density at radius 2 is 1.61 bits per heavy atom. The average Bonchev–Trinajstić information content (AvgIpc) is 2.55. The number of para-hydroxylation sites is 1. The van der Waals surface area contributed by atoms with Gasteiger partial charge < -0.3 is 4.74 Å². The molecular formula is C19H21ClN2O. The number of ether oxygens (including phenoxy) is 1. The predicted octanol–water partition coefficient (Wildman–Crippen LogP) is 4.61. The fourth-order valence-electron chi connectivity index (χ4n) is 2.35. The Balaban J connectivity index is 0.00000192. The summed E-state index contributed by atoms with van der Waals surface area (Å²) < 4.78 is 5.96. The first-order chi connectivity index (χ1) is 10.6. The van der Waals surface area contributed by atoms with E-state index in [9.17, 15) is 0 Å². The third kappa shape index (κ3) is 3.81. The van der Waals surface area contributed by atoms with Crippen LogP contribution in [0.3, 0.4) is 0 Å². The molecule has 1 aromatic heterocycles. The van der Waals surface area contributed by atoms with Crippen LogP contribution in [0.1, 0.15) is 6.92 Å². The van der Waals surface area contributed by atoms with Crippen LogP contribution < -0.4 is 4.74 Å². The van der Waals surface area contributed by atoms with Crippen LogP contribution in [0.25, 0.3) is 22.0 Å². The summed E-state index contributed by atoms with van der Waals surface area (Å²) >= 11 is 0. The Morgan fingerprint density at radius 1 is 0.957 bits per heavy atom. The monoisotopic (exact) mass is 328 g/mol. The second kappa shape index (κ2) is 7.44. The van der Waals surface area contributed by atoms with Gasteiger partial charge in [-0.05, 0) is 38.2 Å². The molecule has 0 bridgehead atoms. The average molecular weight is 329 g/mol. The van der Waals surface area contributed by atoms with Crippen molar-refractivity contribution in [2.45, 2.75) is 13.2 Å². The van der Waals surface area contributed by atoms with Gasteiger partial charge in [0.25, 0.3) is 0 Å². The van der Waals surface area contributed by atoms with E-state index < -0.39 is 0 Å². The molecule has 3 aromatic rings. The summed E-state index contributed by atoms with van der Waals surface area (Å²) in [6.45, 7) is 2.01. The summed E-state index contributed by atoms with van der Waals surface area (Å²) in [6, 6.07) is 20.5.